The van der Waals surface area contributed by atoms with E-state index in [-0.39, 0.29) is 17.6 Å². The van der Waals surface area contributed by atoms with Crippen LogP contribution >= 0.6 is 34.9 Å². The van der Waals surface area contributed by atoms with Crippen molar-refractivity contribution < 1.29 is 19.1 Å². The predicted molar refractivity (Wildman–Crippen MR) is 138 cm³/mol. The predicted octanol–water partition coefficient (Wildman–Crippen LogP) is 3.88. The van der Waals surface area contributed by atoms with Gasteiger partial charge in [-0.3, -0.25) is 14.9 Å². The van der Waals surface area contributed by atoms with E-state index in [4.69, 9.17) is 9.47 Å². The molecule has 0 unspecified atom stereocenters. The van der Waals surface area contributed by atoms with E-state index in [9.17, 15) is 9.59 Å². The van der Waals surface area contributed by atoms with Crippen molar-refractivity contribution >= 4 is 51.8 Å². The molecule has 1 aromatic heterocycles. The number of hydrogen-bond donors (Lipinski definition) is 2. The number of thioether (sulfide) groups is 2. The van der Waals surface area contributed by atoms with Crippen molar-refractivity contribution in [1.29, 1.82) is 0 Å². The summed E-state index contributed by atoms with van der Waals surface area (Å²) in [5.74, 6) is 2.44. The van der Waals surface area contributed by atoms with E-state index in [1.165, 1.54) is 40.4 Å². The van der Waals surface area contributed by atoms with Crippen molar-refractivity contribution in [2.45, 2.75) is 16.5 Å². The summed E-state index contributed by atoms with van der Waals surface area (Å²) in [6.07, 6.45) is 0.675. The molecule has 0 atom stereocenters. The average molecular weight is 519 g/mol. The molecule has 0 bridgehead atoms. The van der Waals surface area contributed by atoms with Crippen molar-refractivity contribution in [3.8, 4) is 11.5 Å². The first-order valence-corrected chi connectivity index (χ1v) is 13.4. The summed E-state index contributed by atoms with van der Waals surface area (Å²) in [6, 6.07) is 15.7. The molecule has 180 valence electrons. The van der Waals surface area contributed by atoms with Crippen LogP contribution in [0.2, 0.25) is 0 Å². The molecule has 0 aliphatic heterocycles. The zero-order valence-electron chi connectivity index (χ0n) is 18.9. The van der Waals surface area contributed by atoms with Crippen LogP contribution in [0.1, 0.15) is 11.1 Å². The lowest BCUT2D eigenvalue weighted by atomic mass is 10.1. The summed E-state index contributed by atoms with van der Waals surface area (Å²) in [5, 5.41) is 14.1. The number of ether oxygens (including phenoxy) is 2. The van der Waals surface area contributed by atoms with E-state index in [0.717, 1.165) is 11.3 Å². The summed E-state index contributed by atoms with van der Waals surface area (Å²) >= 11 is 4.08. The zero-order chi connectivity index (χ0) is 24.2. The van der Waals surface area contributed by atoms with E-state index in [2.05, 4.69) is 20.8 Å². The number of nitrogens with zero attached hydrogens (tertiary/aromatic N) is 2. The van der Waals surface area contributed by atoms with Gasteiger partial charge in [-0.1, -0.05) is 59.5 Å². The number of nitrogens with one attached hydrogen (secondary N) is 2. The molecule has 0 saturated heterocycles. The fourth-order valence-electron chi connectivity index (χ4n) is 2.87. The summed E-state index contributed by atoms with van der Waals surface area (Å²) < 4.78 is 11.2. The number of carbonyl (C=O) groups excluding carboxylic acids is 2. The molecule has 2 aromatic carbocycles. The molecule has 0 fully saturated rings. The first-order chi connectivity index (χ1) is 16.6. The van der Waals surface area contributed by atoms with Crippen molar-refractivity contribution in [2.24, 2.45) is 0 Å². The maximum Gasteiger partial charge on any atom is 0.236 e. The number of hydrogen-bond acceptors (Lipinski definition) is 9. The van der Waals surface area contributed by atoms with E-state index < -0.39 is 0 Å². The number of methoxy groups -OCH3 is 2. The van der Waals surface area contributed by atoms with Crippen LogP contribution in [0.15, 0.2) is 52.9 Å². The Bertz CT molecular complexity index is 1080. The van der Waals surface area contributed by atoms with Gasteiger partial charge in [0.15, 0.2) is 15.8 Å². The Morgan fingerprint density at radius 1 is 0.941 bits per heavy atom. The smallest absolute Gasteiger partial charge is 0.236 e. The maximum atomic E-state index is 12.2. The SMILES string of the molecule is COc1ccc(CCNC(=O)CSc2nnc(NC(=O)CSCc3ccccc3)s2)cc1OC. The van der Waals surface area contributed by atoms with E-state index in [0.29, 0.717) is 39.7 Å². The molecule has 1 heterocycles. The van der Waals surface area contributed by atoms with Crippen molar-refractivity contribution in [1.82, 2.24) is 15.5 Å². The van der Waals surface area contributed by atoms with Crippen LogP contribution in [0.4, 0.5) is 5.13 Å². The van der Waals surface area contributed by atoms with E-state index >= 15 is 0 Å². The minimum atomic E-state index is -0.124. The number of aromatic nitrogens is 2. The van der Waals surface area contributed by atoms with Crippen LogP contribution in [-0.2, 0) is 21.8 Å². The van der Waals surface area contributed by atoms with Crippen molar-refractivity contribution in [3.63, 3.8) is 0 Å². The molecule has 0 radical (unpaired) electrons. The molecule has 0 aliphatic carbocycles. The number of benzene rings is 2. The minimum absolute atomic E-state index is 0.0939. The maximum absolute atomic E-state index is 12.2. The van der Waals surface area contributed by atoms with Crippen LogP contribution in [0, 0.1) is 0 Å². The summed E-state index contributed by atoms with van der Waals surface area (Å²) in [5.41, 5.74) is 2.22. The van der Waals surface area contributed by atoms with Gasteiger partial charge in [0.1, 0.15) is 0 Å². The summed E-state index contributed by atoms with van der Waals surface area (Å²) in [6.45, 7) is 0.507. The second kappa shape index (κ2) is 13.8. The van der Waals surface area contributed by atoms with Gasteiger partial charge in [0.2, 0.25) is 16.9 Å². The largest absolute Gasteiger partial charge is 0.493 e. The van der Waals surface area contributed by atoms with Crippen LogP contribution in [0.25, 0.3) is 0 Å². The van der Waals surface area contributed by atoms with Gasteiger partial charge in [-0.25, -0.2) is 0 Å². The molecule has 0 saturated carbocycles. The van der Waals surface area contributed by atoms with Crippen LogP contribution in [-0.4, -0.2) is 54.3 Å². The topological polar surface area (TPSA) is 102 Å². The summed E-state index contributed by atoms with van der Waals surface area (Å²) in [7, 11) is 3.19. The first-order valence-electron chi connectivity index (χ1n) is 10.4. The standard InChI is InChI=1S/C23H26N4O4S3/c1-30-18-9-8-16(12-19(18)31-2)10-11-24-20(28)15-33-23-27-26-22(34-23)25-21(29)14-32-13-17-6-4-3-5-7-17/h3-9,12H,10-11,13-15H2,1-2H3,(H,24,28)(H,25,26,29). The highest BCUT2D eigenvalue weighted by Gasteiger charge is 2.11. The highest BCUT2D eigenvalue weighted by Crippen LogP contribution is 2.28. The fourth-order valence-corrected chi connectivity index (χ4v) is 5.26. The normalized spacial score (nSPS) is 10.5. The zero-order valence-corrected chi connectivity index (χ0v) is 21.4. The second-order valence-corrected chi connectivity index (χ2v) is 10.2. The van der Waals surface area contributed by atoms with Gasteiger partial charge in [0.05, 0.1) is 25.7 Å². The van der Waals surface area contributed by atoms with Crippen LogP contribution in [0.3, 0.4) is 0 Å². The molecule has 2 amide bonds. The molecule has 0 aliphatic rings. The van der Waals surface area contributed by atoms with Gasteiger partial charge < -0.3 is 14.8 Å². The minimum Gasteiger partial charge on any atom is -0.493 e. The molecule has 0 spiro atoms. The second-order valence-electron chi connectivity index (χ2n) is 6.98. The van der Waals surface area contributed by atoms with Crippen molar-refractivity contribution in [2.75, 3.05) is 37.6 Å². The van der Waals surface area contributed by atoms with E-state index in [1.807, 2.05) is 48.5 Å². The molecular weight excluding hydrogens is 492 g/mol. The van der Waals surface area contributed by atoms with Gasteiger partial charge in [-0.2, -0.15) is 0 Å². The summed E-state index contributed by atoms with van der Waals surface area (Å²) in [4.78, 5) is 24.3. The van der Waals surface area contributed by atoms with Crippen LogP contribution in [0.5, 0.6) is 11.5 Å². The molecule has 2 N–H and O–H groups in total. The number of rotatable bonds is 13. The lowest BCUT2D eigenvalue weighted by Gasteiger charge is -2.10. The van der Waals surface area contributed by atoms with Gasteiger partial charge in [-0.15, -0.1) is 22.0 Å². The Balaban J connectivity index is 1.33. The lowest BCUT2D eigenvalue weighted by molar-refractivity contribution is -0.118. The monoisotopic (exact) mass is 518 g/mol. The Morgan fingerprint density at radius 3 is 2.50 bits per heavy atom. The third kappa shape index (κ3) is 8.54. The number of carbonyl (C=O) groups is 2. The molecule has 11 heteroatoms. The highest BCUT2D eigenvalue weighted by molar-refractivity contribution is 8.01. The molecular formula is C23H26N4O4S3. The Hall–Kier alpha value is -2.76. The Kier molecular flexibility index (Phi) is 10.5. The number of amides is 2. The third-order valence-electron chi connectivity index (χ3n) is 4.51. The third-order valence-corrected chi connectivity index (χ3v) is 7.48. The quantitative estimate of drug-likeness (QED) is 0.260. The molecule has 8 nitrogen and oxygen atoms in total. The molecule has 3 aromatic rings. The lowest BCUT2D eigenvalue weighted by Crippen LogP contribution is -2.27. The average Bonchev–Trinajstić information content (AvgIpc) is 3.30. The van der Waals surface area contributed by atoms with Gasteiger partial charge in [0, 0.05) is 12.3 Å². The molecule has 3 rings (SSSR count). The van der Waals surface area contributed by atoms with Gasteiger partial charge in [0.25, 0.3) is 0 Å². The first kappa shape index (κ1) is 25.9. The van der Waals surface area contributed by atoms with E-state index in [1.54, 1.807) is 14.2 Å². The highest BCUT2D eigenvalue weighted by atomic mass is 32.2. The Labute approximate surface area is 211 Å². The molecule has 34 heavy (non-hydrogen) atoms. The Morgan fingerprint density at radius 2 is 1.74 bits per heavy atom. The van der Waals surface area contributed by atoms with Crippen molar-refractivity contribution in [3.05, 3.63) is 59.7 Å². The van der Waals surface area contributed by atoms with Crippen LogP contribution < -0.4 is 20.1 Å². The van der Waals surface area contributed by atoms with Gasteiger partial charge in [-0.05, 0) is 29.7 Å². The van der Waals surface area contributed by atoms with Gasteiger partial charge >= 0.3 is 0 Å². The fraction of sp³-hybridized carbons (Fsp3) is 0.304. The number of anilines is 1.